The van der Waals surface area contributed by atoms with Crippen molar-refractivity contribution >= 4 is 102 Å². The summed E-state index contributed by atoms with van der Waals surface area (Å²) < 4.78 is 5.00. The molecule has 0 nitrogen and oxygen atoms in total. The Balaban J connectivity index is 2.23. The fourth-order valence-corrected chi connectivity index (χ4v) is 6.11. The van der Waals surface area contributed by atoms with Gasteiger partial charge in [-0.05, 0) is 148 Å². The van der Waals surface area contributed by atoms with Gasteiger partial charge >= 0.3 is 0 Å². The second kappa shape index (κ2) is 10.4. The van der Waals surface area contributed by atoms with Crippen LogP contribution < -0.4 is 0 Å². The van der Waals surface area contributed by atoms with Crippen LogP contribution >= 0.6 is 90.4 Å². The molecule has 0 bridgehead atoms. The van der Waals surface area contributed by atoms with Crippen molar-refractivity contribution in [1.29, 1.82) is 0 Å². The second-order valence-electron chi connectivity index (χ2n) is 6.67. The van der Waals surface area contributed by atoms with Crippen LogP contribution in [0.25, 0.3) is 11.1 Å². The van der Waals surface area contributed by atoms with Gasteiger partial charge in [-0.25, -0.2) is 0 Å². The largest absolute Gasteiger partial charge is 0.0616 e. The minimum Gasteiger partial charge on any atom is -0.0616 e. The molecule has 0 saturated heterocycles. The van der Waals surface area contributed by atoms with Gasteiger partial charge < -0.3 is 0 Å². The number of hydrogen-bond donors (Lipinski definition) is 0. The molecule has 4 rings (SSSR count). The van der Waals surface area contributed by atoms with Gasteiger partial charge in [0, 0.05) is 14.3 Å². The number of rotatable bonds is 4. The Hall–Kier alpha value is -0.460. The minimum absolute atomic E-state index is 1.25. The molecular weight excluding hydrogens is 820 g/mol. The van der Waals surface area contributed by atoms with Crippen LogP contribution in [0.3, 0.4) is 0 Å². The minimum atomic E-state index is 1.25. The Morgan fingerprint density at radius 2 is 0.533 bits per heavy atom. The molecule has 30 heavy (non-hydrogen) atoms. The van der Waals surface area contributed by atoms with E-state index < -0.39 is 0 Å². The van der Waals surface area contributed by atoms with Gasteiger partial charge in [0.15, 0.2) is 0 Å². The fraction of sp³-hybridized carbons (Fsp3) is 0. The first-order chi connectivity index (χ1) is 14.6. The van der Waals surface area contributed by atoms with E-state index in [1.54, 1.807) is 0 Å². The van der Waals surface area contributed by atoms with Crippen LogP contribution in [-0.4, -0.2) is 0 Å². The van der Waals surface area contributed by atoms with E-state index in [-0.39, 0.29) is 0 Å². The zero-order valence-corrected chi connectivity index (χ0v) is 24.4. The molecule has 0 aliphatic rings. The van der Waals surface area contributed by atoms with Gasteiger partial charge in [0.05, 0.1) is 0 Å². The molecule has 4 heteroatoms. The van der Waals surface area contributed by atoms with E-state index in [2.05, 4.69) is 187 Å². The average Bonchev–Trinajstić information content (AvgIpc) is 2.75. The smallest absolute Gasteiger partial charge is 0.0209 e. The monoisotopic (exact) mass is 836 g/mol. The van der Waals surface area contributed by atoms with E-state index in [1.807, 2.05) is 0 Å². The van der Waals surface area contributed by atoms with Crippen LogP contribution in [-0.2, 0) is 0 Å². The summed E-state index contributed by atoms with van der Waals surface area (Å²) in [5, 5.41) is 0. The maximum absolute atomic E-state index is 2.46. The lowest BCUT2D eigenvalue weighted by molar-refractivity contribution is 1.44. The van der Waals surface area contributed by atoms with Crippen molar-refractivity contribution in [3.63, 3.8) is 0 Å². The predicted molar refractivity (Wildman–Crippen MR) is 162 cm³/mol. The highest BCUT2D eigenvalue weighted by atomic mass is 127. The molecule has 0 radical (unpaired) electrons. The molecule has 0 N–H and O–H groups in total. The maximum atomic E-state index is 2.46. The Morgan fingerprint density at radius 3 is 0.733 bits per heavy atom. The maximum Gasteiger partial charge on any atom is 0.0209 e. The predicted octanol–water partition coefficient (Wildman–Crippen LogP) is 9.11. The first-order valence-corrected chi connectivity index (χ1v) is 13.6. The van der Waals surface area contributed by atoms with Crippen molar-refractivity contribution < 1.29 is 0 Å². The van der Waals surface area contributed by atoms with Crippen LogP contribution in [0.1, 0.15) is 22.3 Å². The average molecular weight is 836 g/mol. The van der Waals surface area contributed by atoms with E-state index in [0.717, 1.165) is 0 Å². The molecule has 0 atom stereocenters. The molecule has 0 amide bonds. The molecule has 0 spiro atoms. The lowest BCUT2D eigenvalue weighted by atomic mass is 9.86. The Labute approximate surface area is 232 Å². The van der Waals surface area contributed by atoms with E-state index in [1.165, 1.54) is 47.7 Å². The third-order valence-electron chi connectivity index (χ3n) is 4.82. The molecule has 0 unspecified atom stereocenters. The van der Waals surface area contributed by atoms with Gasteiger partial charge in [-0.3, -0.25) is 0 Å². The van der Waals surface area contributed by atoms with Crippen LogP contribution in [0.5, 0.6) is 0 Å². The van der Waals surface area contributed by atoms with Crippen LogP contribution in [0, 0.1) is 14.3 Å². The SMILES string of the molecule is Ic1ccccc1C(=C(c1ccccc1I)c1ccccc1I)c1ccccc1I. The molecule has 4 aromatic carbocycles. The van der Waals surface area contributed by atoms with Gasteiger partial charge in [0.1, 0.15) is 0 Å². The highest BCUT2D eigenvalue weighted by Gasteiger charge is 2.21. The molecule has 148 valence electrons. The van der Waals surface area contributed by atoms with E-state index in [9.17, 15) is 0 Å². The summed E-state index contributed by atoms with van der Waals surface area (Å²) in [7, 11) is 0. The second-order valence-corrected chi connectivity index (χ2v) is 11.3. The lowest BCUT2D eigenvalue weighted by Gasteiger charge is -2.21. The third-order valence-corrected chi connectivity index (χ3v) is 8.59. The van der Waals surface area contributed by atoms with Crippen molar-refractivity contribution in [1.82, 2.24) is 0 Å². The highest BCUT2D eigenvalue weighted by molar-refractivity contribution is 14.1. The van der Waals surface area contributed by atoms with Gasteiger partial charge in [-0.1, -0.05) is 72.8 Å². The highest BCUT2D eigenvalue weighted by Crippen LogP contribution is 2.42. The van der Waals surface area contributed by atoms with E-state index >= 15 is 0 Å². The summed E-state index contributed by atoms with van der Waals surface area (Å²) >= 11 is 9.85. The molecule has 0 heterocycles. The van der Waals surface area contributed by atoms with Crippen molar-refractivity contribution in [2.45, 2.75) is 0 Å². The summed E-state index contributed by atoms with van der Waals surface area (Å²) in [5.74, 6) is 0. The number of hydrogen-bond acceptors (Lipinski definition) is 0. The lowest BCUT2D eigenvalue weighted by Crippen LogP contribution is -2.03. The molecule has 0 aliphatic heterocycles. The Morgan fingerprint density at radius 1 is 0.333 bits per heavy atom. The standard InChI is InChI=1S/C26H16I4/c27-21-13-5-1-9-17(21)25(18-10-2-6-14-22(18)28)26(19-11-3-7-15-23(19)29)20-12-4-8-16-24(20)30/h1-16H. The van der Waals surface area contributed by atoms with Crippen LogP contribution in [0.2, 0.25) is 0 Å². The number of benzene rings is 4. The van der Waals surface area contributed by atoms with Crippen LogP contribution in [0.15, 0.2) is 97.1 Å². The first-order valence-electron chi connectivity index (χ1n) is 9.32. The van der Waals surface area contributed by atoms with Gasteiger partial charge in [0.25, 0.3) is 0 Å². The van der Waals surface area contributed by atoms with Gasteiger partial charge in [-0.2, -0.15) is 0 Å². The van der Waals surface area contributed by atoms with Crippen molar-refractivity contribution in [2.24, 2.45) is 0 Å². The third kappa shape index (κ3) is 4.80. The topological polar surface area (TPSA) is 0 Å². The van der Waals surface area contributed by atoms with E-state index in [4.69, 9.17) is 0 Å². The summed E-state index contributed by atoms with van der Waals surface area (Å²) in [4.78, 5) is 0. The molecule has 0 saturated carbocycles. The fourth-order valence-electron chi connectivity index (χ4n) is 3.48. The molecule has 0 fully saturated rings. The van der Waals surface area contributed by atoms with Gasteiger partial charge in [0.2, 0.25) is 0 Å². The molecular formula is C26H16I4. The van der Waals surface area contributed by atoms with Crippen LogP contribution in [0.4, 0.5) is 0 Å². The zero-order valence-electron chi connectivity index (χ0n) is 15.7. The number of halogens is 4. The molecule has 4 aromatic rings. The molecule has 0 aliphatic carbocycles. The summed E-state index contributed by atoms with van der Waals surface area (Å²) in [6.45, 7) is 0. The quantitative estimate of drug-likeness (QED) is 0.142. The Kier molecular flexibility index (Phi) is 7.91. The van der Waals surface area contributed by atoms with Crippen molar-refractivity contribution in [3.8, 4) is 0 Å². The zero-order chi connectivity index (χ0) is 21.1. The summed E-state index contributed by atoms with van der Waals surface area (Å²) in [6.07, 6.45) is 0. The van der Waals surface area contributed by atoms with Gasteiger partial charge in [-0.15, -0.1) is 0 Å². The Bertz CT molecular complexity index is 1050. The van der Waals surface area contributed by atoms with E-state index in [0.29, 0.717) is 0 Å². The van der Waals surface area contributed by atoms with Crippen molar-refractivity contribution in [2.75, 3.05) is 0 Å². The van der Waals surface area contributed by atoms with Crippen molar-refractivity contribution in [3.05, 3.63) is 134 Å². The molecule has 0 aromatic heterocycles. The first kappa shape index (κ1) is 22.7. The summed E-state index contributed by atoms with van der Waals surface area (Å²) in [6, 6.07) is 34.7. The normalized spacial score (nSPS) is 10.7. The summed E-state index contributed by atoms with van der Waals surface area (Å²) in [5.41, 5.74) is 7.59.